The van der Waals surface area contributed by atoms with Gasteiger partial charge in [-0.2, -0.15) is 0 Å². The predicted octanol–water partition coefficient (Wildman–Crippen LogP) is 3.53. The van der Waals surface area contributed by atoms with Crippen molar-refractivity contribution in [2.75, 3.05) is 28.5 Å². The fourth-order valence-electron chi connectivity index (χ4n) is 2.82. The molecule has 1 saturated heterocycles. The van der Waals surface area contributed by atoms with Crippen molar-refractivity contribution in [2.24, 2.45) is 0 Å². The number of hydrogen-bond donors (Lipinski definition) is 1. The molecule has 0 atom stereocenters. The van der Waals surface area contributed by atoms with Crippen LogP contribution in [0.3, 0.4) is 0 Å². The summed E-state index contributed by atoms with van der Waals surface area (Å²) < 4.78 is 30.8. The van der Waals surface area contributed by atoms with Crippen LogP contribution in [0.25, 0.3) is 0 Å². The first-order valence-electron chi connectivity index (χ1n) is 8.25. The molecule has 1 amide bonds. The zero-order valence-electron chi connectivity index (χ0n) is 14.2. The van der Waals surface area contributed by atoms with Crippen molar-refractivity contribution in [3.05, 3.63) is 53.1 Å². The van der Waals surface area contributed by atoms with Crippen LogP contribution < -0.4 is 14.4 Å². The Morgan fingerprint density at radius 2 is 2.04 bits per heavy atom. The van der Waals surface area contributed by atoms with Crippen molar-refractivity contribution in [1.29, 1.82) is 0 Å². The fraction of sp³-hybridized carbons (Fsp3) is 0.278. The summed E-state index contributed by atoms with van der Waals surface area (Å²) in [7, 11) is -3.28. The lowest BCUT2D eigenvalue weighted by molar-refractivity contribution is 0.102. The summed E-state index contributed by atoms with van der Waals surface area (Å²) >= 11 is 6.27. The second kappa shape index (κ2) is 7.55. The number of benzene rings is 2. The average molecular weight is 395 g/mol. The molecule has 2 aromatic rings. The predicted molar refractivity (Wildman–Crippen MR) is 103 cm³/mol. The summed E-state index contributed by atoms with van der Waals surface area (Å²) in [5.41, 5.74) is 1.31. The number of rotatable bonds is 5. The van der Waals surface area contributed by atoms with E-state index in [4.69, 9.17) is 16.3 Å². The van der Waals surface area contributed by atoms with Crippen LogP contribution in [0.15, 0.2) is 42.5 Å². The Balaban J connectivity index is 1.82. The molecule has 0 saturated carbocycles. The summed E-state index contributed by atoms with van der Waals surface area (Å²) in [5, 5.41) is 3.02. The van der Waals surface area contributed by atoms with Crippen LogP contribution in [0.4, 0.5) is 11.4 Å². The maximum Gasteiger partial charge on any atom is 0.259 e. The van der Waals surface area contributed by atoms with Crippen LogP contribution in [0, 0.1) is 0 Å². The van der Waals surface area contributed by atoms with Gasteiger partial charge in [0, 0.05) is 6.54 Å². The Morgan fingerprint density at radius 1 is 1.27 bits per heavy atom. The molecule has 1 N–H and O–H groups in total. The number of sulfonamides is 1. The second-order valence-electron chi connectivity index (χ2n) is 5.79. The summed E-state index contributed by atoms with van der Waals surface area (Å²) in [6, 6.07) is 11.7. The monoisotopic (exact) mass is 394 g/mol. The SMILES string of the molecule is CCOc1ccccc1C(=O)Nc1ccc(N2CCCS2(=O)=O)cc1Cl. The number of ether oxygens (including phenoxy) is 1. The standard InChI is InChI=1S/C18H19ClN2O4S/c1-2-25-17-7-4-3-6-14(17)18(22)20-16-9-8-13(12-15(16)19)21-10-5-11-26(21,23)24/h3-4,6-9,12H,2,5,10-11H2,1H3,(H,20,22). The fourth-order valence-corrected chi connectivity index (χ4v) is 4.59. The first-order chi connectivity index (χ1) is 12.4. The van der Waals surface area contributed by atoms with Gasteiger partial charge in [-0.1, -0.05) is 23.7 Å². The first kappa shape index (κ1) is 18.5. The second-order valence-corrected chi connectivity index (χ2v) is 8.21. The lowest BCUT2D eigenvalue weighted by atomic mass is 10.1. The van der Waals surface area contributed by atoms with Gasteiger partial charge in [-0.3, -0.25) is 9.10 Å². The molecular weight excluding hydrogens is 376 g/mol. The van der Waals surface area contributed by atoms with Crippen molar-refractivity contribution in [2.45, 2.75) is 13.3 Å². The van der Waals surface area contributed by atoms with E-state index in [1.807, 2.05) is 6.92 Å². The van der Waals surface area contributed by atoms with E-state index in [0.717, 1.165) is 0 Å². The smallest absolute Gasteiger partial charge is 0.259 e. The number of hydrogen-bond acceptors (Lipinski definition) is 4. The minimum Gasteiger partial charge on any atom is -0.493 e. The number of para-hydroxylation sites is 1. The minimum absolute atomic E-state index is 0.136. The van der Waals surface area contributed by atoms with Crippen LogP contribution in [0.5, 0.6) is 5.75 Å². The largest absolute Gasteiger partial charge is 0.493 e. The van der Waals surface area contributed by atoms with Crippen molar-refractivity contribution >= 4 is 38.9 Å². The van der Waals surface area contributed by atoms with E-state index >= 15 is 0 Å². The van der Waals surface area contributed by atoms with Crippen molar-refractivity contribution in [3.8, 4) is 5.75 Å². The van der Waals surface area contributed by atoms with Crippen molar-refractivity contribution in [1.82, 2.24) is 0 Å². The maximum atomic E-state index is 12.6. The Morgan fingerprint density at radius 3 is 2.69 bits per heavy atom. The van der Waals surface area contributed by atoms with E-state index in [1.165, 1.54) is 4.31 Å². The Hall–Kier alpha value is -2.25. The van der Waals surface area contributed by atoms with Crippen molar-refractivity contribution in [3.63, 3.8) is 0 Å². The molecule has 138 valence electrons. The third-order valence-electron chi connectivity index (χ3n) is 4.02. The van der Waals surface area contributed by atoms with Gasteiger partial charge < -0.3 is 10.1 Å². The van der Waals surface area contributed by atoms with Crippen LogP contribution in [0.1, 0.15) is 23.7 Å². The molecule has 3 rings (SSSR count). The van der Waals surface area contributed by atoms with Gasteiger partial charge in [0.25, 0.3) is 5.91 Å². The van der Waals surface area contributed by atoms with Gasteiger partial charge in [-0.15, -0.1) is 0 Å². The van der Waals surface area contributed by atoms with E-state index in [0.29, 0.717) is 42.3 Å². The van der Waals surface area contributed by atoms with E-state index in [1.54, 1.807) is 42.5 Å². The number of nitrogens with one attached hydrogen (secondary N) is 1. The van der Waals surface area contributed by atoms with E-state index < -0.39 is 10.0 Å². The molecule has 0 radical (unpaired) electrons. The highest BCUT2D eigenvalue weighted by Gasteiger charge is 2.28. The molecule has 1 aliphatic heterocycles. The summed E-state index contributed by atoms with van der Waals surface area (Å²) in [6.07, 6.45) is 0.590. The number of amides is 1. The summed E-state index contributed by atoms with van der Waals surface area (Å²) in [5.74, 6) is 0.276. The molecule has 0 unspecified atom stereocenters. The molecule has 0 bridgehead atoms. The van der Waals surface area contributed by atoms with E-state index in [9.17, 15) is 13.2 Å². The third-order valence-corrected chi connectivity index (χ3v) is 6.20. The highest BCUT2D eigenvalue weighted by atomic mass is 35.5. The number of halogens is 1. The van der Waals surface area contributed by atoms with E-state index in [2.05, 4.69) is 5.32 Å². The van der Waals surface area contributed by atoms with Gasteiger partial charge in [-0.25, -0.2) is 8.42 Å². The number of carbonyl (C=O) groups excluding carboxylic acids is 1. The average Bonchev–Trinajstić information content (AvgIpc) is 2.96. The van der Waals surface area contributed by atoms with Crippen LogP contribution in [0.2, 0.25) is 5.02 Å². The summed E-state index contributed by atoms with van der Waals surface area (Å²) in [6.45, 7) is 2.73. The summed E-state index contributed by atoms with van der Waals surface area (Å²) in [4.78, 5) is 12.6. The lowest BCUT2D eigenvalue weighted by Crippen LogP contribution is -2.25. The number of anilines is 2. The molecule has 6 nitrogen and oxygen atoms in total. The zero-order chi connectivity index (χ0) is 18.7. The molecule has 0 spiro atoms. The molecule has 8 heteroatoms. The topological polar surface area (TPSA) is 75.7 Å². The molecule has 1 heterocycles. The van der Waals surface area contributed by atoms with Gasteiger partial charge in [0.1, 0.15) is 5.75 Å². The highest BCUT2D eigenvalue weighted by molar-refractivity contribution is 7.93. The Labute approximate surface area is 157 Å². The highest BCUT2D eigenvalue weighted by Crippen LogP contribution is 2.31. The lowest BCUT2D eigenvalue weighted by Gasteiger charge is -2.18. The maximum absolute atomic E-state index is 12.6. The van der Waals surface area contributed by atoms with Gasteiger partial charge in [0.05, 0.1) is 34.3 Å². The van der Waals surface area contributed by atoms with Gasteiger partial charge in [-0.05, 0) is 43.7 Å². The molecule has 0 aliphatic carbocycles. The van der Waals surface area contributed by atoms with Gasteiger partial charge in [0.15, 0.2) is 0 Å². The molecular formula is C18H19ClN2O4S. The Bertz CT molecular complexity index is 931. The Kier molecular flexibility index (Phi) is 5.38. The normalized spacial score (nSPS) is 15.7. The van der Waals surface area contributed by atoms with Gasteiger partial charge in [0.2, 0.25) is 10.0 Å². The molecule has 26 heavy (non-hydrogen) atoms. The quantitative estimate of drug-likeness (QED) is 0.841. The van der Waals surface area contributed by atoms with Crippen LogP contribution in [-0.4, -0.2) is 33.2 Å². The molecule has 1 aliphatic rings. The van der Waals surface area contributed by atoms with Crippen LogP contribution >= 0.6 is 11.6 Å². The molecule has 1 fully saturated rings. The van der Waals surface area contributed by atoms with Crippen LogP contribution in [-0.2, 0) is 10.0 Å². The molecule has 2 aromatic carbocycles. The van der Waals surface area contributed by atoms with Gasteiger partial charge >= 0.3 is 0 Å². The molecule has 0 aromatic heterocycles. The first-order valence-corrected chi connectivity index (χ1v) is 10.2. The number of carbonyl (C=O) groups is 1. The van der Waals surface area contributed by atoms with E-state index in [-0.39, 0.29) is 16.7 Å². The zero-order valence-corrected chi connectivity index (χ0v) is 15.8. The third kappa shape index (κ3) is 3.78. The number of nitrogens with zero attached hydrogens (tertiary/aromatic N) is 1. The van der Waals surface area contributed by atoms with Crippen molar-refractivity contribution < 1.29 is 17.9 Å². The minimum atomic E-state index is -3.28.